The lowest BCUT2D eigenvalue weighted by atomic mass is 9.91. The zero-order chi connectivity index (χ0) is 10.7. The van der Waals surface area contributed by atoms with Gasteiger partial charge in [-0.15, -0.1) is 11.3 Å². The number of thiazole rings is 1. The first kappa shape index (κ1) is 10.6. The normalized spacial score (nSPS) is 26.4. The summed E-state index contributed by atoms with van der Waals surface area (Å²) in [6, 6.07) is 0. The smallest absolute Gasteiger partial charge is 0.336 e. The maximum atomic E-state index is 11.3. The fourth-order valence-electron chi connectivity index (χ4n) is 1.82. The van der Waals surface area contributed by atoms with Gasteiger partial charge in [-0.3, -0.25) is 0 Å². The van der Waals surface area contributed by atoms with E-state index < -0.39 is 11.6 Å². The molecule has 0 saturated carbocycles. The molecule has 0 aromatic carbocycles. The van der Waals surface area contributed by atoms with E-state index in [9.17, 15) is 9.90 Å². The fourth-order valence-corrected chi connectivity index (χ4v) is 2.54. The Bertz CT molecular complexity index is 330. The van der Waals surface area contributed by atoms with Crippen LogP contribution in [-0.2, 0) is 16.0 Å². The zero-order valence-corrected chi connectivity index (χ0v) is 9.13. The topological polar surface area (TPSA) is 59.4 Å². The number of aromatic nitrogens is 1. The van der Waals surface area contributed by atoms with E-state index in [1.165, 1.54) is 11.3 Å². The van der Waals surface area contributed by atoms with E-state index in [0.717, 1.165) is 17.8 Å². The Morgan fingerprint density at radius 1 is 1.67 bits per heavy atom. The van der Waals surface area contributed by atoms with E-state index in [1.54, 1.807) is 6.20 Å². The van der Waals surface area contributed by atoms with Crippen LogP contribution in [0.1, 0.15) is 24.3 Å². The molecular formula is C10H13NO3S. The monoisotopic (exact) mass is 227 g/mol. The van der Waals surface area contributed by atoms with E-state index in [2.05, 4.69) is 4.98 Å². The van der Waals surface area contributed by atoms with Crippen LogP contribution < -0.4 is 0 Å². The molecule has 4 nitrogen and oxygen atoms in total. The van der Waals surface area contributed by atoms with Gasteiger partial charge in [-0.25, -0.2) is 9.78 Å². The SMILES string of the molecule is O=C(O)C1(Cc2nccs2)CCCCO1. The lowest BCUT2D eigenvalue weighted by Gasteiger charge is -2.32. The number of hydrogen-bond donors (Lipinski definition) is 1. The first-order chi connectivity index (χ1) is 7.23. The van der Waals surface area contributed by atoms with Crippen molar-refractivity contribution in [2.45, 2.75) is 31.3 Å². The van der Waals surface area contributed by atoms with Gasteiger partial charge in [0.2, 0.25) is 0 Å². The average Bonchev–Trinajstić information content (AvgIpc) is 2.71. The van der Waals surface area contributed by atoms with Crippen LogP contribution in [0.15, 0.2) is 11.6 Å². The predicted molar refractivity (Wildman–Crippen MR) is 56.0 cm³/mol. The number of ether oxygens (including phenoxy) is 1. The molecule has 0 radical (unpaired) electrons. The van der Waals surface area contributed by atoms with Crippen LogP contribution >= 0.6 is 11.3 Å². The van der Waals surface area contributed by atoms with Gasteiger partial charge in [0.1, 0.15) is 0 Å². The van der Waals surface area contributed by atoms with Crippen LogP contribution in [0.5, 0.6) is 0 Å². The summed E-state index contributed by atoms with van der Waals surface area (Å²) in [5.74, 6) is -0.864. The number of carboxylic acids is 1. The largest absolute Gasteiger partial charge is 0.479 e. The highest BCUT2D eigenvalue weighted by atomic mass is 32.1. The summed E-state index contributed by atoms with van der Waals surface area (Å²) in [5, 5.41) is 11.9. The molecule has 2 heterocycles. The summed E-state index contributed by atoms with van der Waals surface area (Å²) >= 11 is 1.48. The Morgan fingerprint density at radius 3 is 3.07 bits per heavy atom. The minimum atomic E-state index is -1.03. The van der Waals surface area contributed by atoms with E-state index in [4.69, 9.17) is 4.74 Å². The molecule has 1 aliphatic rings. The molecule has 15 heavy (non-hydrogen) atoms. The number of hydrogen-bond acceptors (Lipinski definition) is 4. The van der Waals surface area contributed by atoms with Crippen LogP contribution in [0.3, 0.4) is 0 Å². The van der Waals surface area contributed by atoms with E-state index >= 15 is 0 Å². The van der Waals surface area contributed by atoms with Crippen molar-refractivity contribution in [3.8, 4) is 0 Å². The lowest BCUT2D eigenvalue weighted by Crippen LogP contribution is -2.46. The molecule has 0 amide bonds. The van der Waals surface area contributed by atoms with Crippen molar-refractivity contribution in [3.05, 3.63) is 16.6 Å². The van der Waals surface area contributed by atoms with Gasteiger partial charge in [0, 0.05) is 24.6 Å². The van der Waals surface area contributed by atoms with Gasteiger partial charge in [-0.05, 0) is 19.3 Å². The highest BCUT2D eigenvalue weighted by Crippen LogP contribution is 2.29. The highest BCUT2D eigenvalue weighted by Gasteiger charge is 2.41. The van der Waals surface area contributed by atoms with Crippen LogP contribution in [0, 0.1) is 0 Å². The van der Waals surface area contributed by atoms with Crippen LogP contribution in [-0.4, -0.2) is 28.3 Å². The molecular weight excluding hydrogens is 214 g/mol. The molecule has 1 aromatic heterocycles. The summed E-state index contributed by atoms with van der Waals surface area (Å²) in [7, 11) is 0. The second kappa shape index (κ2) is 4.28. The van der Waals surface area contributed by atoms with E-state index in [0.29, 0.717) is 19.4 Å². The van der Waals surface area contributed by atoms with Gasteiger partial charge in [-0.2, -0.15) is 0 Å². The van der Waals surface area contributed by atoms with Gasteiger partial charge >= 0.3 is 5.97 Å². The number of carboxylic acid groups (broad SMARTS) is 1. The van der Waals surface area contributed by atoms with Gasteiger partial charge in [-0.1, -0.05) is 0 Å². The minimum Gasteiger partial charge on any atom is -0.479 e. The molecule has 2 rings (SSSR count). The maximum absolute atomic E-state index is 11.3. The van der Waals surface area contributed by atoms with E-state index in [1.807, 2.05) is 5.38 Å². The van der Waals surface area contributed by atoms with Crippen molar-refractivity contribution in [1.29, 1.82) is 0 Å². The third-order valence-electron chi connectivity index (χ3n) is 2.66. The van der Waals surface area contributed by atoms with Crippen molar-refractivity contribution in [3.63, 3.8) is 0 Å². The van der Waals surface area contributed by atoms with Crippen LogP contribution in [0.4, 0.5) is 0 Å². The molecule has 1 unspecified atom stereocenters. The summed E-state index contributed by atoms with van der Waals surface area (Å²) in [4.78, 5) is 15.4. The quantitative estimate of drug-likeness (QED) is 0.854. The van der Waals surface area contributed by atoms with Gasteiger partial charge in [0.25, 0.3) is 0 Å². The Morgan fingerprint density at radius 2 is 2.53 bits per heavy atom. The number of aliphatic carboxylic acids is 1. The first-order valence-electron chi connectivity index (χ1n) is 4.99. The molecule has 1 saturated heterocycles. The van der Waals surface area contributed by atoms with Gasteiger partial charge in [0.05, 0.1) is 5.01 Å². The second-order valence-electron chi connectivity index (χ2n) is 3.71. The van der Waals surface area contributed by atoms with Crippen molar-refractivity contribution >= 4 is 17.3 Å². The molecule has 82 valence electrons. The zero-order valence-electron chi connectivity index (χ0n) is 8.31. The van der Waals surface area contributed by atoms with Gasteiger partial charge < -0.3 is 9.84 Å². The molecule has 0 aliphatic carbocycles. The number of rotatable bonds is 3. The van der Waals surface area contributed by atoms with Crippen molar-refractivity contribution in [2.24, 2.45) is 0 Å². The molecule has 1 fully saturated rings. The Hall–Kier alpha value is -0.940. The maximum Gasteiger partial charge on any atom is 0.336 e. The predicted octanol–water partition coefficient (Wildman–Crippen LogP) is 1.71. The third kappa shape index (κ3) is 2.18. The minimum absolute atomic E-state index is 0.389. The van der Waals surface area contributed by atoms with Crippen molar-refractivity contribution in [2.75, 3.05) is 6.61 Å². The molecule has 1 atom stereocenters. The molecule has 1 aliphatic heterocycles. The second-order valence-corrected chi connectivity index (χ2v) is 4.69. The summed E-state index contributed by atoms with van der Waals surface area (Å²) < 4.78 is 5.47. The average molecular weight is 227 g/mol. The Balaban J connectivity index is 2.15. The molecule has 1 aromatic rings. The molecule has 5 heteroatoms. The number of nitrogens with zero attached hydrogens (tertiary/aromatic N) is 1. The standard InChI is InChI=1S/C10H13NO3S/c12-9(13)10(3-1-2-5-14-10)7-8-11-4-6-15-8/h4,6H,1-3,5,7H2,(H,12,13). The Kier molecular flexibility index (Phi) is 3.02. The summed E-state index contributed by atoms with van der Waals surface area (Å²) in [5.41, 5.74) is -1.03. The first-order valence-corrected chi connectivity index (χ1v) is 5.87. The number of carbonyl (C=O) groups is 1. The van der Waals surface area contributed by atoms with Gasteiger partial charge in [0.15, 0.2) is 5.60 Å². The van der Waals surface area contributed by atoms with Crippen molar-refractivity contribution < 1.29 is 14.6 Å². The van der Waals surface area contributed by atoms with Crippen LogP contribution in [0.2, 0.25) is 0 Å². The van der Waals surface area contributed by atoms with Crippen molar-refractivity contribution in [1.82, 2.24) is 4.98 Å². The molecule has 1 N–H and O–H groups in total. The fraction of sp³-hybridized carbons (Fsp3) is 0.600. The lowest BCUT2D eigenvalue weighted by molar-refractivity contribution is -0.172. The highest BCUT2D eigenvalue weighted by molar-refractivity contribution is 7.09. The van der Waals surface area contributed by atoms with Crippen LogP contribution in [0.25, 0.3) is 0 Å². The summed E-state index contributed by atoms with van der Waals surface area (Å²) in [6.07, 6.45) is 4.53. The third-order valence-corrected chi connectivity index (χ3v) is 3.44. The van der Waals surface area contributed by atoms with E-state index in [-0.39, 0.29) is 0 Å². The molecule has 0 bridgehead atoms. The Labute approximate surface area is 91.9 Å². The molecule has 0 spiro atoms. The summed E-state index contributed by atoms with van der Waals surface area (Å²) in [6.45, 7) is 0.539.